The Bertz CT molecular complexity index is 1290. The summed E-state index contributed by atoms with van der Waals surface area (Å²) in [4.78, 5) is 8.24. The van der Waals surface area contributed by atoms with Crippen molar-refractivity contribution in [3.05, 3.63) is 96.1 Å². The molecule has 3 aromatic carbocycles. The maximum atomic E-state index is 13.4. The third kappa shape index (κ3) is 4.39. The van der Waals surface area contributed by atoms with Gasteiger partial charge in [-0.15, -0.1) is 0 Å². The highest BCUT2D eigenvalue weighted by molar-refractivity contribution is 7.90. The summed E-state index contributed by atoms with van der Waals surface area (Å²) in [5.41, 5.74) is 3.98. The van der Waals surface area contributed by atoms with Crippen molar-refractivity contribution in [2.75, 3.05) is 6.26 Å². The lowest BCUT2D eigenvalue weighted by molar-refractivity contribution is 0.602. The summed E-state index contributed by atoms with van der Waals surface area (Å²) in [6.07, 6.45) is 4.99. The fourth-order valence-corrected chi connectivity index (χ4v) is 3.73. The van der Waals surface area contributed by atoms with Gasteiger partial charge in [-0.3, -0.25) is 0 Å². The van der Waals surface area contributed by atoms with Crippen molar-refractivity contribution in [2.24, 2.45) is 0 Å². The Kier molecular flexibility index (Phi) is 5.33. The molecule has 30 heavy (non-hydrogen) atoms. The first-order valence-corrected chi connectivity index (χ1v) is 11.2. The number of sulfone groups is 1. The SMILES string of the molecule is CS(=O)(=O)c1ccc(-c2nc(/C=C/c3ccccc3)[nH]c2-c2ccc(F)cc2)cc1. The number of hydrogen-bond acceptors (Lipinski definition) is 3. The van der Waals surface area contributed by atoms with Crippen molar-refractivity contribution in [1.82, 2.24) is 9.97 Å². The zero-order chi connectivity index (χ0) is 21.1. The molecule has 0 aliphatic rings. The summed E-state index contributed by atoms with van der Waals surface area (Å²) < 4.78 is 36.9. The molecule has 150 valence electrons. The molecular weight excluding hydrogens is 399 g/mol. The van der Waals surface area contributed by atoms with E-state index in [4.69, 9.17) is 4.98 Å². The highest BCUT2D eigenvalue weighted by Crippen LogP contribution is 2.31. The topological polar surface area (TPSA) is 62.8 Å². The summed E-state index contributed by atoms with van der Waals surface area (Å²) in [6, 6.07) is 22.6. The lowest BCUT2D eigenvalue weighted by Crippen LogP contribution is -1.96. The molecule has 1 heterocycles. The predicted molar refractivity (Wildman–Crippen MR) is 118 cm³/mol. The number of benzene rings is 3. The monoisotopic (exact) mass is 418 g/mol. The van der Waals surface area contributed by atoms with Crippen molar-refractivity contribution >= 4 is 22.0 Å². The van der Waals surface area contributed by atoms with E-state index in [1.165, 1.54) is 18.4 Å². The van der Waals surface area contributed by atoms with Crippen LogP contribution in [0, 0.1) is 5.82 Å². The molecule has 1 N–H and O–H groups in total. The number of rotatable bonds is 5. The van der Waals surface area contributed by atoms with Gasteiger partial charge >= 0.3 is 0 Å². The average Bonchev–Trinajstić information content (AvgIpc) is 3.17. The van der Waals surface area contributed by atoms with Gasteiger partial charge in [0.2, 0.25) is 0 Å². The minimum absolute atomic E-state index is 0.245. The zero-order valence-electron chi connectivity index (χ0n) is 16.2. The standard InChI is InChI=1S/C24H19FN2O2S/c1-30(28,29)21-14-10-19(11-15-21)24-23(18-8-12-20(25)13-9-18)26-22(27-24)16-7-17-5-3-2-4-6-17/h2-16H,1H3,(H,26,27)/b16-7+. The second-order valence-electron chi connectivity index (χ2n) is 6.89. The van der Waals surface area contributed by atoms with Crippen LogP contribution in [0.1, 0.15) is 11.4 Å². The highest BCUT2D eigenvalue weighted by atomic mass is 32.2. The molecular formula is C24H19FN2O2S. The van der Waals surface area contributed by atoms with Gasteiger partial charge in [-0.05, 0) is 48.0 Å². The Morgan fingerprint density at radius 2 is 1.47 bits per heavy atom. The number of imidazole rings is 1. The largest absolute Gasteiger partial charge is 0.338 e. The molecule has 0 radical (unpaired) electrons. The lowest BCUT2D eigenvalue weighted by atomic mass is 10.1. The van der Waals surface area contributed by atoms with E-state index < -0.39 is 9.84 Å². The normalized spacial score (nSPS) is 11.8. The fraction of sp³-hybridized carbons (Fsp3) is 0.0417. The molecule has 0 atom stereocenters. The van der Waals surface area contributed by atoms with Crippen molar-refractivity contribution in [3.8, 4) is 22.5 Å². The van der Waals surface area contributed by atoms with E-state index in [1.54, 1.807) is 36.4 Å². The Labute approximate surface area is 174 Å². The molecule has 0 saturated heterocycles. The van der Waals surface area contributed by atoms with E-state index in [1.807, 2.05) is 42.5 Å². The van der Waals surface area contributed by atoms with Gasteiger partial charge < -0.3 is 4.98 Å². The van der Waals surface area contributed by atoms with Gasteiger partial charge in [0, 0.05) is 17.4 Å². The van der Waals surface area contributed by atoms with Gasteiger partial charge in [0.05, 0.1) is 16.3 Å². The first-order chi connectivity index (χ1) is 14.4. The van der Waals surface area contributed by atoms with E-state index in [9.17, 15) is 12.8 Å². The summed E-state index contributed by atoms with van der Waals surface area (Å²) in [5, 5.41) is 0. The van der Waals surface area contributed by atoms with Crippen LogP contribution >= 0.6 is 0 Å². The van der Waals surface area contributed by atoms with Gasteiger partial charge in [0.1, 0.15) is 11.6 Å². The van der Waals surface area contributed by atoms with E-state index >= 15 is 0 Å². The number of H-pyrrole nitrogens is 1. The van der Waals surface area contributed by atoms with Gasteiger partial charge in [0.25, 0.3) is 0 Å². The molecule has 6 heteroatoms. The predicted octanol–water partition coefficient (Wildman–Crippen LogP) is 5.46. The second kappa shape index (κ2) is 8.08. The molecule has 0 saturated carbocycles. The lowest BCUT2D eigenvalue weighted by Gasteiger charge is -2.04. The van der Waals surface area contributed by atoms with Crippen LogP contribution in [0.3, 0.4) is 0 Å². The van der Waals surface area contributed by atoms with E-state index in [0.717, 1.165) is 22.4 Å². The quantitative estimate of drug-likeness (QED) is 0.468. The number of nitrogens with one attached hydrogen (secondary N) is 1. The summed E-state index contributed by atoms with van der Waals surface area (Å²) in [6.45, 7) is 0. The Morgan fingerprint density at radius 3 is 2.10 bits per heavy atom. The molecule has 4 nitrogen and oxygen atoms in total. The van der Waals surface area contributed by atoms with Gasteiger partial charge in [-0.2, -0.15) is 0 Å². The van der Waals surface area contributed by atoms with Crippen LogP contribution in [0.2, 0.25) is 0 Å². The third-order valence-electron chi connectivity index (χ3n) is 4.64. The van der Waals surface area contributed by atoms with E-state index in [-0.39, 0.29) is 10.7 Å². The second-order valence-corrected chi connectivity index (χ2v) is 8.91. The molecule has 0 unspecified atom stereocenters. The van der Waals surface area contributed by atoms with Gasteiger partial charge in [-0.25, -0.2) is 17.8 Å². The molecule has 0 bridgehead atoms. The number of nitrogens with zero attached hydrogens (tertiary/aromatic N) is 1. The minimum Gasteiger partial charge on any atom is -0.338 e. The number of hydrogen-bond donors (Lipinski definition) is 1. The zero-order valence-corrected chi connectivity index (χ0v) is 17.0. The van der Waals surface area contributed by atoms with Crippen LogP contribution in [-0.2, 0) is 9.84 Å². The molecule has 0 amide bonds. The van der Waals surface area contributed by atoms with Crippen LogP contribution in [0.25, 0.3) is 34.7 Å². The Balaban J connectivity index is 1.78. The minimum atomic E-state index is -3.28. The first-order valence-electron chi connectivity index (χ1n) is 9.30. The molecule has 4 rings (SSSR count). The van der Waals surface area contributed by atoms with E-state index in [0.29, 0.717) is 11.5 Å². The number of halogens is 1. The molecule has 0 aliphatic carbocycles. The smallest absolute Gasteiger partial charge is 0.175 e. The Hall–Kier alpha value is -3.51. The van der Waals surface area contributed by atoms with Crippen molar-refractivity contribution < 1.29 is 12.8 Å². The third-order valence-corrected chi connectivity index (χ3v) is 5.77. The summed E-state index contributed by atoms with van der Waals surface area (Å²) >= 11 is 0. The molecule has 0 fully saturated rings. The number of aromatic nitrogens is 2. The average molecular weight is 418 g/mol. The first kappa shape index (κ1) is 19.8. The van der Waals surface area contributed by atoms with Gasteiger partial charge in [0.15, 0.2) is 9.84 Å². The molecule has 0 spiro atoms. The van der Waals surface area contributed by atoms with Gasteiger partial charge in [-0.1, -0.05) is 48.5 Å². The van der Waals surface area contributed by atoms with Crippen LogP contribution < -0.4 is 0 Å². The van der Waals surface area contributed by atoms with Crippen LogP contribution in [0.5, 0.6) is 0 Å². The van der Waals surface area contributed by atoms with E-state index in [2.05, 4.69) is 4.98 Å². The number of aromatic amines is 1. The molecule has 0 aliphatic heterocycles. The Morgan fingerprint density at radius 1 is 0.833 bits per heavy atom. The van der Waals surface area contributed by atoms with Crippen LogP contribution in [-0.4, -0.2) is 24.6 Å². The fourth-order valence-electron chi connectivity index (χ4n) is 3.10. The molecule has 4 aromatic rings. The van der Waals surface area contributed by atoms with Crippen molar-refractivity contribution in [2.45, 2.75) is 4.90 Å². The maximum Gasteiger partial charge on any atom is 0.175 e. The van der Waals surface area contributed by atoms with Crippen LogP contribution in [0.4, 0.5) is 4.39 Å². The summed E-state index contributed by atoms with van der Waals surface area (Å²) in [7, 11) is -3.28. The van der Waals surface area contributed by atoms with Crippen molar-refractivity contribution in [1.29, 1.82) is 0 Å². The molecule has 1 aromatic heterocycles. The van der Waals surface area contributed by atoms with Crippen molar-refractivity contribution in [3.63, 3.8) is 0 Å². The maximum absolute atomic E-state index is 13.4. The highest BCUT2D eigenvalue weighted by Gasteiger charge is 2.15. The summed E-state index contributed by atoms with van der Waals surface area (Å²) in [5.74, 6) is 0.321. The van der Waals surface area contributed by atoms with Crippen LogP contribution in [0.15, 0.2) is 83.8 Å².